The molecule has 2 atom stereocenters. The molecule has 2 heterocycles. The van der Waals surface area contributed by atoms with Crippen LogP contribution in [-0.2, 0) is 11.2 Å². The smallest absolute Gasteiger partial charge is 0.224 e. The summed E-state index contributed by atoms with van der Waals surface area (Å²) < 4.78 is 0. The number of thiophene rings is 1. The van der Waals surface area contributed by atoms with Crippen molar-refractivity contribution < 1.29 is 4.79 Å². The van der Waals surface area contributed by atoms with Gasteiger partial charge in [-0.3, -0.25) is 4.79 Å². The Hall–Kier alpha value is -0.870. The van der Waals surface area contributed by atoms with E-state index in [9.17, 15) is 4.79 Å². The molecule has 0 bridgehead atoms. The van der Waals surface area contributed by atoms with Crippen molar-refractivity contribution in [3.05, 3.63) is 21.9 Å². The van der Waals surface area contributed by atoms with Gasteiger partial charge in [-0.05, 0) is 60.9 Å². The van der Waals surface area contributed by atoms with Crippen LogP contribution in [0.3, 0.4) is 0 Å². The van der Waals surface area contributed by atoms with Crippen molar-refractivity contribution in [1.82, 2.24) is 4.90 Å². The van der Waals surface area contributed by atoms with Crippen molar-refractivity contribution in [2.45, 2.75) is 50.6 Å². The Morgan fingerprint density at radius 1 is 1.40 bits per heavy atom. The third-order valence-electron chi connectivity index (χ3n) is 5.04. The van der Waals surface area contributed by atoms with Gasteiger partial charge in [0.2, 0.25) is 5.91 Å². The number of amides is 1. The van der Waals surface area contributed by atoms with Gasteiger partial charge in [-0.15, -0.1) is 11.3 Å². The predicted octanol–water partition coefficient (Wildman–Crippen LogP) is 2.71. The molecule has 3 aliphatic rings. The number of rotatable bonds is 4. The molecule has 0 spiro atoms. The minimum Gasteiger partial charge on any atom is -0.335 e. The minimum absolute atomic E-state index is 0.0891. The van der Waals surface area contributed by atoms with Crippen LogP contribution < -0.4 is 5.73 Å². The molecule has 1 aromatic heterocycles. The molecule has 2 N–H and O–H groups in total. The maximum Gasteiger partial charge on any atom is 0.224 e. The summed E-state index contributed by atoms with van der Waals surface area (Å²) in [4.78, 5) is 16.3. The lowest BCUT2D eigenvalue weighted by Crippen LogP contribution is -2.43. The average molecular weight is 290 g/mol. The van der Waals surface area contributed by atoms with Crippen LogP contribution in [0.2, 0.25) is 0 Å². The van der Waals surface area contributed by atoms with E-state index < -0.39 is 0 Å². The largest absolute Gasteiger partial charge is 0.335 e. The summed E-state index contributed by atoms with van der Waals surface area (Å²) in [7, 11) is 0. The molecule has 2 fully saturated rings. The van der Waals surface area contributed by atoms with E-state index in [0.29, 0.717) is 24.3 Å². The second kappa shape index (κ2) is 4.85. The standard InChI is InChI=1S/C16H22N2OS/c17-13(10-1-2-10)9-15(19)18-7-5-14-12(6-8-20-14)16(18)11-3-4-11/h6,8,10-11,13,16H,1-5,7,9,17H2. The first-order valence-corrected chi connectivity index (χ1v) is 8.73. The molecule has 3 nitrogen and oxygen atoms in total. The van der Waals surface area contributed by atoms with Crippen molar-refractivity contribution in [3.63, 3.8) is 0 Å². The Balaban J connectivity index is 1.53. The molecule has 0 saturated heterocycles. The molecule has 1 aromatic rings. The first kappa shape index (κ1) is 12.8. The van der Waals surface area contributed by atoms with Crippen molar-refractivity contribution >= 4 is 17.2 Å². The van der Waals surface area contributed by atoms with Gasteiger partial charge in [-0.2, -0.15) is 0 Å². The molecule has 4 heteroatoms. The molecule has 0 radical (unpaired) electrons. The molecule has 2 unspecified atom stereocenters. The minimum atomic E-state index is 0.0891. The molecule has 1 aliphatic heterocycles. The van der Waals surface area contributed by atoms with Crippen LogP contribution in [0, 0.1) is 11.8 Å². The quantitative estimate of drug-likeness (QED) is 0.926. The van der Waals surface area contributed by atoms with Gasteiger partial charge in [0.15, 0.2) is 0 Å². The second-order valence-electron chi connectivity index (χ2n) is 6.62. The van der Waals surface area contributed by atoms with Crippen LogP contribution >= 0.6 is 11.3 Å². The maximum atomic E-state index is 12.7. The van der Waals surface area contributed by atoms with E-state index in [4.69, 9.17) is 5.73 Å². The normalized spacial score (nSPS) is 27.2. The number of hydrogen-bond acceptors (Lipinski definition) is 3. The van der Waals surface area contributed by atoms with E-state index in [-0.39, 0.29) is 11.9 Å². The van der Waals surface area contributed by atoms with Crippen molar-refractivity contribution in [1.29, 1.82) is 0 Å². The lowest BCUT2D eigenvalue weighted by molar-refractivity contribution is -0.135. The number of carbonyl (C=O) groups is 1. The zero-order valence-corrected chi connectivity index (χ0v) is 12.6. The van der Waals surface area contributed by atoms with Crippen LogP contribution in [0.25, 0.3) is 0 Å². The van der Waals surface area contributed by atoms with Gasteiger partial charge in [0.25, 0.3) is 0 Å². The van der Waals surface area contributed by atoms with Crippen LogP contribution in [0.1, 0.15) is 48.6 Å². The second-order valence-corrected chi connectivity index (χ2v) is 7.62. The summed E-state index contributed by atoms with van der Waals surface area (Å²) in [5, 5.41) is 2.18. The molecule has 108 valence electrons. The third-order valence-corrected chi connectivity index (χ3v) is 6.04. The summed E-state index contributed by atoms with van der Waals surface area (Å²) in [6, 6.07) is 2.68. The first-order valence-electron chi connectivity index (χ1n) is 7.85. The van der Waals surface area contributed by atoms with Crippen LogP contribution in [0.4, 0.5) is 0 Å². The molecule has 2 saturated carbocycles. The van der Waals surface area contributed by atoms with E-state index in [0.717, 1.165) is 13.0 Å². The summed E-state index contributed by atoms with van der Waals surface area (Å²) >= 11 is 1.85. The lowest BCUT2D eigenvalue weighted by atomic mass is 9.95. The van der Waals surface area contributed by atoms with E-state index >= 15 is 0 Å². The van der Waals surface area contributed by atoms with Gasteiger partial charge in [0, 0.05) is 23.9 Å². The van der Waals surface area contributed by atoms with Gasteiger partial charge >= 0.3 is 0 Å². The molecule has 4 rings (SSSR count). The molecule has 2 aliphatic carbocycles. The fraction of sp³-hybridized carbons (Fsp3) is 0.688. The molecular weight excluding hydrogens is 268 g/mol. The Morgan fingerprint density at radius 2 is 2.20 bits per heavy atom. The van der Waals surface area contributed by atoms with Crippen LogP contribution in [0.5, 0.6) is 0 Å². The zero-order valence-electron chi connectivity index (χ0n) is 11.8. The third kappa shape index (κ3) is 2.29. The Bertz CT molecular complexity index is 518. The van der Waals surface area contributed by atoms with E-state index in [1.54, 1.807) is 0 Å². The Labute approximate surface area is 124 Å². The fourth-order valence-corrected chi connectivity index (χ4v) is 4.47. The molecular formula is C16H22N2OS. The summed E-state index contributed by atoms with van der Waals surface area (Å²) in [6.07, 6.45) is 6.56. The Kier molecular flexibility index (Phi) is 3.11. The van der Waals surface area contributed by atoms with Crippen molar-refractivity contribution in [2.24, 2.45) is 17.6 Å². The van der Waals surface area contributed by atoms with Crippen molar-refractivity contribution in [2.75, 3.05) is 6.54 Å². The molecule has 20 heavy (non-hydrogen) atoms. The maximum absolute atomic E-state index is 12.7. The topological polar surface area (TPSA) is 46.3 Å². The lowest BCUT2D eigenvalue weighted by Gasteiger charge is -2.37. The predicted molar refractivity (Wildman–Crippen MR) is 80.5 cm³/mol. The fourth-order valence-electron chi connectivity index (χ4n) is 3.56. The number of carbonyl (C=O) groups excluding carboxylic acids is 1. The highest BCUT2D eigenvalue weighted by Crippen LogP contribution is 2.48. The van der Waals surface area contributed by atoms with E-state index in [1.807, 2.05) is 11.3 Å². The number of nitrogens with zero attached hydrogens (tertiary/aromatic N) is 1. The van der Waals surface area contributed by atoms with Gasteiger partial charge in [-0.1, -0.05) is 0 Å². The summed E-state index contributed by atoms with van der Waals surface area (Å²) in [6.45, 7) is 0.894. The van der Waals surface area contributed by atoms with Gasteiger partial charge in [0.1, 0.15) is 0 Å². The SMILES string of the molecule is NC(CC(=O)N1CCc2sccc2C1C1CC1)C1CC1. The average Bonchev–Trinajstić information content (AvgIpc) is 3.33. The Morgan fingerprint density at radius 3 is 2.90 bits per heavy atom. The summed E-state index contributed by atoms with van der Waals surface area (Å²) in [5.74, 6) is 1.60. The highest BCUT2D eigenvalue weighted by atomic mass is 32.1. The van der Waals surface area contributed by atoms with Crippen molar-refractivity contribution in [3.8, 4) is 0 Å². The van der Waals surface area contributed by atoms with Crippen LogP contribution in [0.15, 0.2) is 11.4 Å². The zero-order chi connectivity index (χ0) is 13.7. The van der Waals surface area contributed by atoms with E-state index in [1.165, 1.54) is 36.1 Å². The number of nitrogens with two attached hydrogens (primary N) is 1. The van der Waals surface area contributed by atoms with Gasteiger partial charge < -0.3 is 10.6 Å². The first-order chi connectivity index (χ1) is 9.74. The highest BCUT2D eigenvalue weighted by Gasteiger charge is 2.42. The molecule has 0 aromatic carbocycles. The van der Waals surface area contributed by atoms with Gasteiger partial charge in [-0.25, -0.2) is 0 Å². The van der Waals surface area contributed by atoms with E-state index in [2.05, 4.69) is 16.3 Å². The van der Waals surface area contributed by atoms with Gasteiger partial charge in [0.05, 0.1) is 6.04 Å². The number of hydrogen-bond donors (Lipinski definition) is 1. The summed E-state index contributed by atoms with van der Waals surface area (Å²) in [5.41, 5.74) is 7.58. The highest BCUT2D eigenvalue weighted by molar-refractivity contribution is 7.10. The van der Waals surface area contributed by atoms with Crippen LogP contribution in [-0.4, -0.2) is 23.4 Å². The monoisotopic (exact) mass is 290 g/mol. The number of fused-ring (bicyclic) bond motifs is 1. The molecule has 1 amide bonds.